The van der Waals surface area contributed by atoms with Crippen molar-refractivity contribution in [2.45, 2.75) is 52.6 Å². The summed E-state index contributed by atoms with van der Waals surface area (Å²) in [5.74, 6) is 0.138. The van der Waals surface area contributed by atoms with E-state index in [2.05, 4.69) is 28.2 Å². The first-order valence-corrected chi connectivity index (χ1v) is 11.7. The Balaban J connectivity index is 2.19. The van der Waals surface area contributed by atoms with Crippen LogP contribution in [0.4, 0.5) is 0 Å². The lowest BCUT2D eigenvalue weighted by molar-refractivity contribution is -0.143. The summed E-state index contributed by atoms with van der Waals surface area (Å²) < 4.78 is 6.41. The Labute approximate surface area is 198 Å². The van der Waals surface area contributed by atoms with Gasteiger partial charge in [0.2, 0.25) is 5.91 Å². The fraction of sp³-hybridized carbons (Fsp3) is 0.417. The van der Waals surface area contributed by atoms with E-state index < -0.39 is 6.04 Å². The number of nitrogens with zero attached hydrogens (tertiary/aromatic N) is 1. The number of carbonyl (C=O) groups excluding carboxylic acids is 2. The molecule has 0 spiro atoms. The van der Waals surface area contributed by atoms with Crippen LogP contribution < -0.4 is 10.1 Å². The zero-order valence-electron chi connectivity index (χ0n) is 18.3. The molecule has 0 aliphatic heterocycles. The van der Waals surface area contributed by atoms with Crippen molar-refractivity contribution in [2.75, 3.05) is 13.2 Å². The summed E-state index contributed by atoms with van der Waals surface area (Å²) >= 11 is 9.37. The van der Waals surface area contributed by atoms with Gasteiger partial charge in [-0.1, -0.05) is 61.7 Å². The van der Waals surface area contributed by atoms with Gasteiger partial charge in [-0.25, -0.2) is 0 Å². The van der Waals surface area contributed by atoms with Crippen LogP contribution in [-0.4, -0.2) is 35.9 Å². The maximum absolute atomic E-state index is 13.2. The van der Waals surface area contributed by atoms with Crippen LogP contribution in [-0.2, 0) is 16.1 Å². The Morgan fingerprint density at radius 1 is 1.19 bits per heavy atom. The smallest absolute Gasteiger partial charge is 0.261 e. The third-order valence-electron chi connectivity index (χ3n) is 4.90. The van der Waals surface area contributed by atoms with Crippen LogP contribution >= 0.6 is 27.5 Å². The largest absolute Gasteiger partial charge is 0.483 e. The summed E-state index contributed by atoms with van der Waals surface area (Å²) in [7, 11) is 0. The highest BCUT2D eigenvalue weighted by Gasteiger charge is 2.29. The van der Waals surface area contributed by atoms with Gasteiger partial charge in [0.1, 0.15) is 11.8 Å². The monoisotopic (exact) mass is 508 g/mol. The van der Waals surface area contributed by atoms with Gasteiger partial charge in [-0.15, -0.1) is 0 Å². The molecule has 7 heteroatoms. The van der Waals surface area contributed by atoms with Crippen LogP contribution in [0.3, 0.4) is 0 Å². The van der Waals surface area contributed by atoms with Crippen LogP contribution in [0, 0.1) is 6.92 Å². The lowest BCUT2D eigenvalue weighted by Crippen LogP contribution is -2.50. The van der Waals surface area contributed by atoms with E-state index in [9.17, 15) is 9.59 Å². The molecule has 0 bridgehead atoms. The molecule has 0 aromatic heterocycles. The zero-order chi connectivity index (χ0) is 22.8. The first kappa shape index (κ1) is 25.2. The van der Waals surface area contributed by atoms with Crippen LogP contribution in [0.2, 0.25) is 5.02 Å². The fourth-order valence-electron chi connectivity index (χ4n) is 3.25. The maximum Gasteiger partial charge on any atom is 0.261 e. The Hall–Kier alpha value is -2.05. The molecule has 2 aromatic rings. The molecule has 0 radical (unpaired) electrons. The number of carbonyl (C=O) groups is 2. The van der Waals surface area contributed by atoms with Gasteiger partial charge in [0.25, 0.3) is 5.91 Å². The quantitative estimate of drug-likeness (QED) is 0.406. The molecule has 0 saturated heterocycles. The molecule has 0 heterocycles. The van der Waals surface area contributed by atoms with Crippen molar-refractivity contribution in [3.05, 3.63) is 63.1 Å². The number of ether oxygens (including phenoxy) is 1. The Morgan fingerprint density at radius 2 is 1.97 bits per heavy atom. The number of benzene rings is 2. The lowest BCUT2D eigenvalue weighted by atomic mass is 10.1. The predicted molar refractivity (Wildman–Crippen MR) is 128 cm³/mol. The van der Waals surface area contributed by atoms with Gasteiger partial charge >= 0.3 is 0 Å². The topological polar surface area (TPSA) is 58.6 Å². The van der Waals surface area contributed by atoms with E-state index in [1.54, 1.807) is 23.1 Å². The molecule has 1 atom stereocenters. The number of hydrogen-bond acceptors (Lipinski definition) is 3. The van der Waals surface area contributed by atoms with E-state index in [1.807, 2.05) is 38.1 Å². The van der Waals surface area contributed by atoms with Crippen molar-refractivity contribution in [2.24, 2.45) is 0 Å². The van der Waals surface area contributed by atoms with Gasteiger partial charge in [-0.3, -0.25) is 9.59 Å². The van der Waals surface area contributed by atoms with E-state index in [1.165, 1.54) is 0 Å². The van der Waals surface area contributed by atoms with Gasteiger partial charge < -0.3 is 15.0 Å². The predicted octanol–water partition coefficient (Wildman–Crippen LogP) is 5.51. The van der Waals surface area contributed by atoms with Gasteiger partial charge in [-0.05, 0) is 59.5 Å². The van der Waals surface area contributed by atoms with Gasteiger partial charge in [-0.2, -0.15) is 0 Å². The highest BCUT2D eigenvalue weighted by molar-refractivity contribution is 9.10. The number of aryl methyl sites for hydroxylation is 1. The molecule has 0 unspecified atom stereocenters. The number of hydrogen-bond donors (Lipinski definition) is 1. The summed E-state index contributed by atoms with van der Waals surface area (Å²) in [4.78, 5) is 27.7. The fourth-order valence-corrected chi connectivity index (χ4v) is 4.04. The number of nitrogens with one attached hydrogen (secondary N) is 1. The average Bonchev–Trinajstić information content (AvgIpc) is 2.73. The van der Waals surface area contributed by atoms with E-state index >= 15 is 0 Å². The van der Waals surface area contributed by atoms with Crippen LogP contribution in [0.5, 0.6) is 5.75 Å². The van der Waals surface area contributed by atoms with E-state index in [4.69, 9.17) is 16.3 Å². The Kier molecular flexibility index (Phi) is 10.3. The molecule has 0 aliphatic carbocycles. The number of amides is 2. The van der Waals surface area contributed by atoms with Crippen LogP contribution in [0.25, 0.3) is 0 Å². The second kappa shape index (κ2) is 12.7. The number of rotatable bonds is 11. The minimum Gasteiger partial charge on any atom is -0.483 e. The maximum atomic E-state index is 13.2. The average molecular weight is 510 g/mol. The van der Waals surface area contributed by atoms with Crippen molar-refractivity contribution in [3.63, 3.8) is 0 Å². The standard InChI is InChI=1S/C24H30BrClN2O3/c1-4-6-12-27-24(30)21(5-2)28(15-18-9-7-8-17(3)13-18)23(29)16-31-22-11-10-19(26)14-20(22)25/h7-11,13-14,21H,4-6,12,15-16H2,1-3H3,(H,27,30)/t21-/m1/s1. The van der Waals surface area contributed by atoms with E-state index in [0.717, 1.165) is 24.0 Å². The molecule has 1 N–H and O–H groups in total. The van der Waals surface area contributed by atoms with Crippen molar-refractivity contribution in [3.8, 4) is 5.75 Å². The molecule has 168 valence electrons. The molecule has 2 rings (SSSR count). The Bertz CT molecular complexity index is 891. The molecule has 2 amide bonds. The molecule has 0 saturated carbocycles. The first-order chi connectivity index (χ1) is 14.8. The summed E-state index contributed by atoms with van der Waals surface area (Å²) in [5.41, 5.74) is 2.08. The van der Waals surface area contributed by atoms with Crippen LogP contribution in [0.15, 0.2) is 46.9 Å². The number of halogens is 2. The molecule has 31 heavy (non-hydrogen) atoms. The van der Waals surface area contributed by atoms with Crippen molar-refractivity contribution in [1.29, 1.82) is 0 Å². The van der Waals surface area contributed by atoms with Crippen molar-refractivity contribution in [1.82, 2.24) is 10.2 Å². The lowest BCUT2D eigenvalue weighted by Gasteiger charge is -2.30. The SMILES string of the molecule is CCCCNC(=O)[C@@H](CC)N(Cc1cccc(C)c1)C(=O)COc1ccc(Cl)cc1Br. The van der Waals surface area contributed by atoms with Crippen LogP contribution in [0.1, 0.15) is 44.2 Å². The Morgan fingerprint density at radius 3 is 2.61 bits per heavy atom. The highest BCUT2D eigenvalue weighted by Crippen LogP contribution is 2.28. The molecule has 0 fully saturated rings. The minimum atomic E-state index is -0.567. The summed E-state index contributed by atoms with van der Waals surface area (Å²) in [6, 6.07) is 12.5. The molecular formula is C24H30BrClN2O3. The van der Waals surface area contributed by atoms with Gasteiger partial charge in [0.15, 0.2) is 6.61 Å². The molecule has 0 aliphatic rings. The van der Waals surface area contributed by atoms with E-state index in [0.29, 0.717) is 34.8 Å². The van der Waals surface area contributed by atoms with Gasteiger partial charge in [0, 0.05) is 18.1 Å². The second-order valence-electron chi connectivity index (χ2n) is 7.44. The second-order valence-corrected chi connectivity index (χ2v) is 8.73. The first-order valence-electron chi connectivity index (χ1n) is 10.6. The van der Waals surface area contributed by atoms with Crippen molar-refractivity contribution >= 4 is 39.3 Å². The third-order valence-corrected chi connectivity index (χ3v) is 5.75. The molecular weight excluding hydrogens is 480 g/mol. The number of unbranched alkanes of at least 4 members (excludes halogenated alkanes) is 1. The van der Waals surface area contributed by atoms with Gasteiger partial charge in [0.05, 0.1) is 4.47 Å². The van der Waals surface area contributed by atoms with Crippen molar-refractivity contribution < 1.29 is 14.3 Å². The minimum absolute atomic E-state index is 0.135. The zero-order valence-corrected chi connectivity index (χ0v) is 20.6. The third kappa shape index (κ3) is 7.86. The van der Waals surface area contributed by atoms with E-state index in [-0.39, 0.29) is 18.4 Å². The molecule has 2 aromatic carbocycles. The summed E-state index contributed by atoms with van der Waals surface area (Å²) in [6.07, 6.45) is 2.41. The molecule has 5 nitrogen and oxygen atoms in total. The summed E-state index contributed by atoms with van der Waals surface area (Å²) in [6.45, 7) is 6.76. The summed E-state index contributed by atoms with van der Waals surface area (Å²) in [5, 5.41) is 3.53. The highest BCUT2D eigenvalue weighted by atomic mass is 79.9. The normalized spacial score (nSPS) is 11.6.